The molecule has 2 nitrogen and oxygen atoms in total. The fourth-order valence-corrected chi connectivity index (χ4v) is 2.50. The third-order valence-corrected chi connectivity index (χ3v) is 3.79. The number of aromatic nitrogens is 1. The SMILES string of the molecule is Cc1cccnc1CC(Br)c1cccc(OC(F)F)c1. The molecule has 0 aliphatic heterocycles. The molecule has 2 rings (SSSR count). The van der Waals surface area contributed by atoms with Crippen molar-refractivity contribution >= 4 is 15.9 Å². The number of benzene rings is 1. The van der Waals surface area contributed by atoms with Crippen LogP contribution in [0.4, 0.5) is 8.78 Å². The number of halogens is 3. The third-order valence-electron chi connectivity index (χ3n) is 2.94. The lowest BCUT2D eigenvalue weighted by Gasteiger charge is -2.13. The Hall–Kier alpha value is -1.49. The number of hydrogen-bond acceptors (Lipinski definition) is 2. The highest BCUT2D eigenvalue weighted by Crippen LogP contribution is 2.30. The standard InChI is InChI=1S/C15H14BrF2NO/c1-10-4-3-7-19-14(10)9-13(16)11-5-2-6-12(8-11)20-15(17)18/h2-8,13,15H,9H2,1H3. The summed E-state index contributed by atoms with van der Waals surface area (Å²) in [5.41, 5.74) is 2.97. The van der Waals surface area contributed by atoms with Crippen molar-refractivity contribution < 1.29 is 13.5 Å². The first-order valence-electron chi connectivity index (χ1n) is 6.15. The normalized spacial score (nSPS) is 12.4. The number of rotatable bonds is 5. The summed E-state index contributed by atoms with van der Waals surface area (Å²) in [6, 6.07) is 10.6. The summed E-state index contributed by atoms with van der Waals surface area (Å²) in [6.45, 7) is -0.810. The van der Waals surface area contributed by atoms with Crippen molar-refractivity contribution in [1.82, 2.24) is 4.98 Å². The van der Waals surface area contributed by atoms with E-state index >= 15 is 0 Å². The minimum atomic E-state index is -2.81. The van der Waals surface area contributed by atoms with Crippen LogP contribution in [0.5, 0.6) is 5.75 Å². The summed E-state index contributed by atoms with van der Waals surface area (Å²) in [4.78, 5) is 4.33. The van der Waals surface area contributed by atoms with E-state index in [1.54, 1.807) is 18.3 Å². The molecule has 1 atom stereocenters. The summed E-state index contributed by atoms with van der Waals surface area (Å²) in [7, 11) is 0. The molecule has 0 spiro atoms. The number of ether oxygens (including phenoxy) is 1. The van der Waals surface area contributed by atoms with Gasteiger partial charge < -0.3 is 4.74 Å². The zero-order valence-corrected chi connectivity index (χ0v) is 12.5. The Labute approximate surface area is 124 Å². The predicted molar refractivity (Wildman–Crippen MR) is 77.4 cm³/mol. The Kier molecular flexibility index (Phi) is 5.06. The van der Waals surface area contributed by atoms with Gasteiger partial charge in [0.2, 0.25) is 0 Å². The Morgan fingerprint density at radius 3 is 2.75 bits per heavy atom. The average molecular weight is 342 g/mol. The molecular weight excluding hydrogens is 328 g/mol. The van der Waals surface area contributed by atoms with Crippen LogP contribution < -0.4 is 4.74 Å². The van der Waals surface area contributed by atoms with Gasteiger partial charge in [-0.25, -0.2) is 0 Å². The highest BCUT2D eigenvalue weighted by molar-refractivity contribution is 9.09. The lowest BCUT2D eigenvalue weighted by molar-refractivity contribution is -0.0498. The van der Waals surface area contributed by atoms with Crippen molar-refractivity contribution in [3.8, 4) is 5.75 Å². The topological polar surface area (TPSA) is 22.1 Å². The van der Waals surface area contributed by atoms with Gasteiger partial charge in [-0.3, -0.25) is 4.98 Å². The molecule has 0 bridgehead atoms. The quantitative estimate of drug-likeness (QED) is 0.737. The van der Waals surface area contributed by atoms with E-state index in [0.29, 0.717) is 6.42 Å². The second kappa shape index (κ2) is 6.79. The first kappa shape index (κ1) is 14.9. The molecule has 0 radical (unpaired) electrons. The van der Waals surface area contributed by atoms with Crippen LogP contribution in [0.1, 0.15) is 21.6 Å². The van der Waals surface area contributed by atoms with Crippen molar-refractivity contribution in [3.05, 3.63) is 59.4 Å². The molecule has 0 aliphatic carbocycles. The zero-order chi connectivity index (χ0) is 14.5. The molecule has 106 valence electrons. The van der Waals surface area contributed by atoms with Gasteiger partial charge in [-0.2, -0.15) is 8.78 Å². The van der Waals surface area contributed by atoms with Gasteiger partial charge in [-0.05, 0) is 36.2 Å². The minimum Gasteiger partial charge on any atom is -0.435 e. The van der Waals surface area contributed by atoms with Crippen molar-refractivity contribution in [2.45, 2.75) is 24.8 Å². The van der Waals surface area contributed by atoms with E-state index < -0.39 is 6.61 Å². The highest BCUT2D eigenvalue weighted by Gasteiger charge is 2.13. The largest absolute Gasteiger partial charge is 0.435 e. The molecule has 0 saturated carbocycles. The van der Waals surface area contributed by atoms with Crippen LogP contribution in [-0.2, 0) is 6.42 Å². The van der Waals surface area contributed by atoms with E-state index in [2.05, 4.69) is 25.7 Å². The maximum absolute atomic E-state index is 12.2. The van der Waals surface area contributed by atoms with Crippen LogP contribution in [0.3, 0.4) is 0 Å². The summed E-state index contributed by atoms with van der Waals surface area (Å²) in [5, 5.41) is 0. The Balaban J connectivity index is 2.13. The van der Waals surface area contributed by atoms with Crippen molar-refractivity contribution in [2.75, 3.05) is 0 Å². The summed E-state index contributed by atoms with van der Waals surface area (Å²) in [5.74, 6) is 0.166. The van der Waals surface area contributed by atoms with E-state index in [9.17, 15) is 8.78 Å². The van der Waals surface area contributed by atoms with Crippen LogP contribution in [0, 0.1) is 6.92 Å². The van der Waals surface area contributed by atoms with E-state index in [0.717, 1.165) is 16.8 Å². The number of nitrogens with zero attached hydrogens (tertiary/aromatic N) is 1. The first-order valence-corrected chi connectivity index (χ1v) is 7.07. The fraction of sp³-hybridized carbons (Fsp3) is 0.267. The lowest BCUT2D eigenvalue weighted by atomic mass is 10.0. The van der Waals surface area contributed by atoms with Gasteiger partial charge in [-0.1, -0.05) is 34.1 Å². The van der Waals surface area contributed by atoms with Crippen LogP contribution in [0.15, 0.2) is 42.6 Å². The Morgan fingerprint density at radius 1 is 1.25 bits per heavy atom. The van der Waals surface area contributed by atoms with Gasteiger partial charge in [-0.15, -0.1) is 0 Å². The number of aryl methyl sites for hydroxylation is 1. The summed E-state index contributed by atoms with van der Waals surface area (Å²) >= 11 is 3.57. The average Bonchev–Trinajstić information content (AvgIpc) is 2.41. The highest BCUT2D eigenvalue weighted by atomic mass is 79.9. The molecule has 0 amide bonds. The zero-order valence-electron chi connectivity index (χ0n) is 10.9. The molecule has 0 saturated heterocycles. The minimum absolute atomic E-state index is 0.00248. The van der Waals surface area contributed by atoms with E-state index in [4.69, 9.17) is 0 Å². The van der Waals surface area contributed by atoms with Crippen molar-refractivity contribution in [2.24, 2.45) is 0 Å². The monoisotopic (exact) mass is 341 g/mol. The molecule has 2 aromatic rings. The summed E-state index contributed by atoms with van der Waals surface area (Å²) in [6.07, 6.45) is 2.43. The molecule has 20 heavy (non-hydrogen) atoms. The van der Waals surface area contributed by atoms with Crippen molar-refractivity contribution in [1.29, 1.82) is 0 Å². The lowest BCUT2D eigenvalue weighted by Crippen LogP contribution is -2.03. The van der Waals surface area contributed by atoms with Gasteiger partial charge in [0.05, 0.1) is 0 Å². The number of alkyl halides is 3. The van der Waals surface area contributed by atoms with Crippen LogP contribution in [0.25, 0.3) is 0 Å². The predicted octanol–water partition coefficient (Wildman–Crippen LogP) is 4.67. The van der Waals surface area contributed by atoms with E-state index in [1.807, 2.05) is 25.1 Å². The third kappa shape index (κ3) is 4.00. The molecule has 1 unspecified atom stereocenters. The molecular formula is C15H14BrF2NO. The molecule has 0 aliphatic rings. The van der Waals surface area contributed by atoms with Crippen LogP contribution in [0.2, 0.25) is 0 Å². The molecule has 5 heteroatoms. The first-order chi connectivity index (χ1) is 9.56. The second-order valence-corrected chi connectivity index (χ2v) is 5.49. The van der Waals surface area contributed by atoms with E-state index in [1.165, 1.54) is 6.07 Å². The van der Waals surface area contributed by atoms with E-state index in [-0.39, 0.29) is 10.6 Å². The van der Waals surface area contributed by atoms with Crippen LogP contribution in [-0.4, -0.2) is 11.6 Å². The van der Waals surface area contributed by atoms with Gasteiger partial charge >= 0.3 is 6.61 Å². The Bertz CT molecular complexity index is 577. The van der Waals surface area contributed by atoms with Crippen LogP contribution >= 0.6 is 15.9 Å². The van der Waals surface area contributed by atoms with Gasteiger partial charge in [0, 0.05) is 23.1 Å². The maximum atomic E-state index is 12.2. The van der Waals surface area contributed by atoms with Gasteiger partial charge in [0.15, 0.2) is 0 Å². The molecule has 0 fully saturated rings. The molecule has 1 heterocycles. The molecule has 1 aromatic carbocycles. The second-order valence-electron chi connectivity index (χ2n) is 4.39. The maximum Gasteiger partial charge on any atom is 0.387 e. The fourth-order valence-electron chi connectivity index (χ4n) is 1.91. The van der Waals surface area contributed by atoms with Crippen molar-refractivity contribution in [3.63, 3.8) is 0 Å². The molecule has 1 aromatic heterocycles. The van der Waals surface area contributed by atoms with Gasteiger partial charge in [0.1, 0.15) is 5.75 Å². The smallest absolute Gasteiger partial charge is 0.387 e. The summed E-state index contributed by atoms with van der Waals surface area (Å²) < 4.78 is 28.8. The molecule has 0 N–H and O–H groups in total. The van der Waals surface area contributed by atoms with Gasteiger partial charge in [0.25, 0.3) is 0 Å². The number of hydrogen-bond donors (Lipinski definition) is 0. The number of pyridine rings is 1. The Morgan fingerprint density at radius 2 is 2.05 bits per heavy atom.